The van der Waals surface area contributed by atoms with E-state index in [1.165, 1.54) is 15.4 Å². The number of rotatable bonds is 13. The molecule has 5 aliphatic heterocycles. The van der Waals surface area contributed by atoms with Crippen molar-refractivity contribution in [3.8, 4) is 0 Å². The molecule has 2 unspecified atom stereocenters. The molecule has 352 valence electrons. The minimum absolute atomic E-state index is 0.0500. The Balaban J connectivity index is 0.681. The lowest BCUT2D eigenvalue weighted by molar-refractivity contribution is -0.135. The highest BCUT2D eigenvalue weighted by atomic mass is 19.3. The van der Waals surface area contributed by atoms with Gasteiger partial charge in [0, 0.05) is 77.2 Å². The number of nitrogens with one attached hydrogen (secondary N) is 2. The second-order valence-corrected chi connectivity index (χ2v) is 18.7. The van der Waals surface area contributed by atoms with Crippen molar-refractivity contribution in [2.24, 2.45) is 24.6 Å². The quantitative estimate of drug-likeness (QED) is 0.130. The number of hydrogen-bond acceptors (Lipinski definition) is 13. The van der Waals surface area contributed by atoms with E-state index in [9.17, 15) is 28.0 Å². The van der Waals surface area contributed by atoms with Crippen molar-refractivity contribution in [3.63, 3.8) is 0 Å². The monoisotopic (exact) mass is 916 g/mol. The molecule has 2 bridgehead atoms. The Bertz CT molecular complexity index is 2580. The summed E-state index contributed by atoms with van der Waals surface area (Å²) < 4.78 is 60.6. The molecule has 0 radical (unpaired) electrons. The van der Waals surface area contributed by atoms with E-state index < -0.39 is 42.3 Å². The zero-order chi connectivity index (χ0) is 45.8. The number of morpholine rings is 1. The van der Waals surface area contributed by atoms with E-state index in [4.69, 9.17) is 15.2 Å². The van der Waals surface area contributed by atoms with Crippen molar-refractivity contribution in [2.45, 2.75) is 94.3 Å². The van der Waals surface area contributed by atoms with Crippen molar-refractivity contribution in [2.75, 3.05) is 67.6 Å². The molecule has 21 heteroatoms. The molecule has 18 nitrogen and oxygen atoms in total. The Morgan fingerprint density at radius 2 is 1.86 bits per heavy atom. The van der Waals surface area contributed by atoms with E-state index in [0.29, 0.717) is 75.9 Å². The smallest absolute Gasteiger partial charge is 0.329 e. The molecule has 5 saturated heterocycles. The van der Waals surface area contributed by atoms with E-state index in [1.54, 1.807) is 23.9 Å². The number of imidazole rings is 1. The van der Waals surface area contributed by atoms with Gasteiger partial charge in [-0.15, -0.1) is 0 Å². The van der Waals surface area contributed by atoms with E-state index in [0.717, 1.165) is 43.2 Å². The molecule has 10 rings (SSSR count). The fraction of sp³-hybridized carbons (Fsp3) is 0.578. The van der Waals surface area contributed by atoms with Crippen LogP contribution in [0.25, 0.3) is 16.6 Å². The second-order valence-electron chi connectivity index (χ2n) is 18.7. The lowest BCUT2D eigenvalue weighted by Gasteiger charge is -2.43. The average molecular weight is 917 g/mol. The number of piperidine rings is 2. The number of ether oxygens (including phenoxy) is 2. The van der Waals surface area contributed by atoms with Crippen molar-refractivity contribution in [1.29, 1.82) is 0 Å². The molecule has 1 aromatic carbocycles. The Morgan fingerprint density at radius 1 is 1.05 bits per heavy atom. The highest BCUT2D eigenvalue weighted by molar-refractivity contribution is 6.24. The fourth-order valence-corrected chi connectivity index (χ4v) is 10.9. The third-order valence-electron chi connectivity index (χ3n) is 14.4. The summed E-state index contributed by atoms with van der Waals surface area (Å²) in [6.07, 6.45) is 4.64. The Morgan fingerprint density at radius 3 is 2.58 bits per heavy atom. The van der Waals surface area contributed by atoms with Crippen LogP contribution in [-0.2, 0) is 30.9 Å². The maximum Gasteiger partial charge on any atom is 0.329 e. The van der Waals surface area contributed by atoms with Crippen LogP contribution in [0.1, 0.15) is 81.4 Å². The zero-order valence-electron chi connectivity index (χ0n) is 36.7. The number of nitrogens with two attached hydrogens (primary N) is 1. The molecule has 6 fully saturated rings. The van der Waals surface area contributed by atoms with E-state index >= 15 is 4.39 Å². The Hall–Kier alpha value is -5.80. The normalized spacial score (nSPS) is 27.5. The highest BCUT2D eigenvalue weighted by Gasteiger charge is 2.41. The van der Waals surface area contributed by atoms with Gasteiger partial charge < -0.3 is 30.3 Å². The van der Waals surface area contributed by atoms with Gasteiger partial charge in [0.15, 0.2) is 11.5 Å². The molecule has 1 aliphatic carbocycles. The van der Waals surface area contributed by atoms with Crippen molar-refractivity contribution in [3.05, 3.63) is 64.9 Å². The molecule has 66 heavy (non-hydrogen) atoms. The largest absolute Gasteiger partial charge is 0.404 e. The van der Waals surface area contributed by atoms with Crippen LogP contribution in [0.15, 0.2) is 47.7 Å². The maximum absolute atomic E-state index is 15.6. The number of anilines is 3. The number of halogens is 3. The molecular weight excluding hydrogens is 862 g/mol. The molecule has 0 spiro atoms. The van der Waals surface area contributed by atoms with Crippen molar-refractivity contribution in [1.82, 2.24) is 39.1 Å². The number of imide groups is 1. The summed E-state index contributed by atoms with van der Waals surface area (Å²) in [6.45, 7) is 4.81. The summed E-state index contributed by atoms with van der Waals surface area (Å²) in [6, 6.07) is 6.70. The summed E-state index contributed by atoms with van der Waals surface area (Å²) in [5.74, 6) is -0.294. The van der Waals surface area contributed by atoms with Crippen LogP contribution in [0.5, 0.6) is 0 Å². The summed E-state index contributed by atoms with van der Waals surface area (Å²) in [7, 11) is 1.69. The van der Waals surface area contributed by atoms with Gasteiger partial charge in [-0.05, 0) is 69.1 Å². The predicted molar refractivity (Wildman–Crippen MR) is 236 cm³/mol. The van der Waals surface area contributed by atoms with Gasteiger partial charge in [0.05, 0.1) is 65.5 Å². The number of benzene rings is 1. The molecule has 1 saturated carbocycles. The van der Waals surface area contributed by atoms with Crippen molar-refractivity contribution < 1.29 is 37.0 Å². The molecular formula is C45H55F3N12O6. The van der Waals surface area contributed by atoms with E-state index in [1.807, 2.05) is 18.2 Å². The topological polar surface area (TPSA) is 200 Å². The second kappa shape index (κ2) is 18.1. The first-order valence-electron chi connectivity index (χ1n) is 23.0. The number of hydrogen-bond donors (Lipinski definition) is 3. The SMILES string of the molecule is Cn1c(=O)n(C2CCC(=O)NC2=O)c2cccc(N3CC(CO[C@@H]4CCN(CC5CCC(n6cc(NC(=O)/C(=C/N)c7nccc(N8C[C@H]9CC8CO9)n7)c(C(F)F)n6)CC5)C[C@H]4F)C3)c21. The molecule has 4 aromatic rings. The van der Waals surface area contributed by atoms with E-state index in [2.05, 4.69) is 40.4 Å². The van der Waals surface area contributed by atoms with Gasteiger partial charge in [-0.25, -0.2) is 27.9 Å². The van der Waals surface area contributed by atoms with Crippen molar-refractivity contribution >= 4 is 51.5 Å². The molecule has 5 atom stereocenters. The number of carbonyl (C=O) groups is 3. The number of alkyl halides is 3. The van der Waals surface area contributed by atoms with Crippen LogP contribution in [0, 0.1) is 11.8 Å². The number of nitrogens with zero attached hydrogens (tertiary/aromatic N) is 9. The number of aryl methyl sites for hydroxylation is 1. The molecule has 4 N–H and O–H groups in total. The first-order valence-corrected chi connectivity index (χ1v) is 23.0. The summed E-state index contributed by atoms with van der Waals surface area (Å²) in [4.78, 5) is 66.5. The third kappa shape index (κ3) is 8.44. The maximum atomic E-state index is 15.6. The molecule has 8 heterocycles. The van der Waals surface area contributed by atoms with Crippen LogP contribution in [0.3, 0.4) is 0 Å². The Labute approximate surface area is 378 Å². The minimum atomic E-state index is -2.92. The summed E-state index contributed by atoms with van der Waals surface area (Å²) in [5, 5.41) is 9.17. The first kappa shape index (κ1) is 44.1. The number of likely N-dealkylation sites (tertiary alicyclic amines) is 1. The molecule has 3 aromatic heterocycles. The highest BCUT2D eigenvalue weighted by Crippen LogP contribution is 2.38. The number of aromatic nitrogens is 6. The van der Waals surface area contributed by atoms with Gasteiger partial charge in [0.1, 0.15) is 18.0 Å². The van der Waals surface area contributed by atoms with Gasteiger partial charge in [-0.1, -0.05) is 6.07 Å². The first-order chi connectivity index (χ1) is 31.9. The zero-order valence-corrected chi connectivity index (χ0v) is 36.7. The molecule has 6 aliphatic rings. The lowest BCUT2D eigenvalue weighted by Crippen LogP contribution is -2.51. The Kier molecular flexibility index (Phi) is 12.1. The lowest BCUT2D eigenvalue weighted by atomic mass is 9.85. The summed E-state index contributed by atoms with van der Waals surface area (Å²) in [5.41, 5.74) is 7.12. The summed E-state index contributed by atoms with van der Waals surface area (Å²) >= 11 is 0. The third-order valence-corrected chi connectivity index (χ3v) is 14.4. The minimum Gasteiger partial charge on any atom is -0.404 e. The number of carbonyl (C=O) groups excluding carboxylic acids is 3. The molecule has 3 amide bonds. The van der Waals surface area contributed by atoms with Gasteiger partial charge in [0.2, 0.25) is 11.8 Å². The van der Waals surface area contributed by atoms with Crippen LogP contribution in [0.2, 0.25) is 0 Å². The van der Waals surface area contributed by atoms with Gasteiger partial charge in [-0.2, -0.15) is 5.10 Å². The van der Waals surface area contributed by atoms with Gasteiger partial charge in [0.25, 0.3) is 12.3 Å². The number of para-hydroxylation sites is 1. The van der Waals surface area contributed by atoms with E-state index in [-0.39, 0.29) is 72.2 Å². The number of fused-ring (bicyclic) bond motifs is 3. The fourth-order valence-electron chi connectivity index (χ4n) is 10.9. The van der Waals surface area contributed by atoms with Gasteiger partial charge in [-0.3, -0.25) is 38.4 Å². The van der Waals surface area contributed by atoms with Gasteiger partial charge >= 0.3 is 5.69 Å². The predicted octanol–water partition coefficient (Wildman–Crippen LogP) is 3.45. The van der Waals surface area contributed by atoms with Crippen LogP contribution in [-0.4, -0.2) is 128 Å². The average Bonchev–Trinajstić information content (AvgIpc) is 4.09. The standard InChI is InChI=1S/C45H55F3N12O6/c1-55-40-33(3-2-4-34(40)60(45(55)64)35-9-10-38(61)53-44(35)63)57-18-26(19-57)23-66-36-12-14-56(21-31(36)46)17-25-5-7-27(8-6-25)59-22-32(39(54-59)41(47)48)51-43(62)30(16-49)42-50-13-11-37(52-42)58-20-29-15-28(58)24-65-29/h2-4,11,13,16,22,25-29,31,35-36,41H,5-10,12,14-15,17-21,23-24,49H2,1H3,(H,51,62)(H,53,61,63)/b30-16+/t25?,27?,28?,29-,31-,35?,36-/m1/s1. The van der Waals surface area contributed by atoms with Crippen LogP contribution in [0.4, 0.5) is 30.4 Å². The number of amides is 3. The van der Waals surface area contributed by atoms with Crippen LogP contribution < -0.4 is 31.9 Å². The van der Waals surface area contributed by atoms with Crippen LogP contribution >= 0.6 is 0 Å².